The van der Waals surface area contributed by atoms with E-state index in [1.807, 2.05) is 4.90 Å². The smallest absolute Gasteiger partial charge is 0.283 e. The molecule has 0 aromatic heterocycles. The first-order valence-electron chi connectivity index (χ1n) is 8.42. The Balaban J connectivity index is 1.88. The van der Waals surface area contributed by atoms with Gasteiger partial charge in [-0.2, -0.15) is 4.99 Å². The number of benzene rings is 2. The molecular formula is C20H20ClFN2O2S. The van der Waals surface area contributed by atoms with Gasteiger partial charge in [0.15, 0.2) is 5.17 Å². The number of rotatable bonds is 4. The van der Waals surface area contributed by atoms with Gasteiger partial charge in [-0.25, -0.2) is 4.39 Å². The van der Waals surface area contributed by atoms with Crippen LogP contribution in [0.3, 0.4) is 0 Å². The molecule has 3 rings (SSSR count). The van der Waals surface area contributed by atoms with E-state index in [-0.39, 0.29) is 10.6 Å². The SMILES string of the molecule is COc1ccc(Cl)cc1C(=O)/N=C1\SC(C)(C)CN1Cc1ccc(F)cc1. The quantitative estimate of drug-likeness (QED) is 0.715. The summed E-state index contributed by atoms with van der Waals surface area (Å²) in [7, 11) is 1.50. The highest BCUT2D eigenvalue weighted by Crippen LogP contribution is 2.37. The van der Waals surface area contributed by atoms with Crippen molar-refractivity contribution in [2.45, 2.75) is 25.1 Å². The van der Waals surface area contributed by atoms with Crippen LogP contribution in [-0.4, -0.2) is 34.4 Å². The van der Waals surface area contributed by atoms with Crippen LogP contribution in [0, 0.1) is 5.82 Å². The number of carbonyl (C=O) groups is 1. The molecule has 7 heteroatoms. The number of hydrogen-bond donors (Lipinski definition) is 0. The zero-order chi connectivity index (χ0) is 19.6. The first-order valence-corrected chi connectivity index (χ1v) is 9.62. The van der Waals surface area contributed by atoms with Crippen LogP contribution in [0.1, 0.15) is 29.8 Å². The van der Waals surface area contributed by atoms with E-state index < -0.39 is 5.91 Å². The Bertz CT molecular complexity index is 884. The van der Waals surface area contributed by atoms with Gasteiger partial charge in [-0.3, -0.25) is 4.79 Å². The van der Waals surface area contributed by atoms with Gasteiger partial charge in [0.25, 0.3) is 5.91 Å². The van der Waals surface area contributed by atoms with Gasteiger partial charge >= 0.3 is 0 Å². The number of amides is 1. The fourth-order valence-electron chi connectivity index (χ4n) is 2.89. The Morgan fingerprint density at radius 1 is 1.30 bits per heavy atom. The lowest BCUT2D eigenvalue weighted by Crippen LogP contribution is -2.28. The average molecular weight is 407 g/mol. The van der Waals surface area contributed by atoms with Gasteiger partial charge in [-0.1, -0.05) is 35.5 Å². The van der Waals surface area contributed by atoms with E-state index in [1.54, 1.807) is 42.1 Å². The summed E-state index contributed by atoms with van der Waals surface area (Å²) >= 11 is 7.57. The molecule has 1 saturated heterocycles. The van der Waals surface area contributed by atoms with Crippen LogP contribution in [0.25, 0.3) is 0 Å². The molecule has 2 aromatic rings. The minimum absolute atomic E-state index is 0.0858. The first kappa shape index (κ1) is 19.7. The lowest BCUT2D eigenvalue weighted by atomic mass is 10.1. The molecule has 4 nitrogen and oxygen atoms in total. The summed E-state index contributed by atoms with van der Waals surface area (Å²) in [4.78, 5) is 19.1. The topological polar surface area (TPSA) is 41.9 Å². The number of thioether (sulfide) groups is 1. The summed E-state index contributed by atoms with van der Waals surface area (Å²) in [5, 5.41) is 1.08. The summed E-state index contributed by atoms with van der Waals surface area (Å²) in [6.45, 7) is 5.48. The number of ether oxygens (including phenoxy) is 1. The Morgan fingerprint density at radius 2 is 2.00 bits per heavy atom. The molecule has 2 aromatic carbocycles. The van der Waals surface area contributed by atoms with Crippen molar-refractivity contribution in [3.63, 3.8) is 0 Å². The average Bonchev–Trinajstić information content (AvgIpc) is 2.90. The van der Waals surface area contributed by atoms with Crippen molar-refractivity contribution in [1.29, 1.82) is 0 Å². The van der Waals surface area contributed by atoms with E-state index in [1.165, 1.54) is 19.2 Å². The highest BCUT2D eigenvalue weighted by atomic mass is 35.5. The van der Waals surface area contributed by atoms with Crippen molar-refractivity contribution < 1.29 is 13.9 Å². The maximum Gasteiger partial charge on any atom is 0.283 e. The number of carbonyl (C=O) groups excluding carboxylic acids is 1. The van der Waals surface area contributed by atoms with Gasteiger partial charge in [0.05, 0.1) is 12.7 Å². The van der Waals surface area contributed by atoms with E-state index in [2.05, 4.69) is 18.8 Å². The summed E-state index contributed by atoms with van der Waals surface area (Å²) in [6, 6.07) is 11.2. The van der Waals surface area contributed by atoms with E-state index >= 15 is 0 Å². The molecule has 1 amide bonds. The summed E-state index contributed by atoms with van der Waals surface area (Å²) in [6.07, 6.45) is 0. The summed E-state index contributed by atoms with van der Waals surface area (Å²) in [5.74, 6) is -0.244. The van der Waals surface area contributed by atoms with Crippen LogP contribution in [0.2, 0.25) is 5.02 Å². The number of amidine groups is 1. The van der Waals surface area contributed by atoms with Crippen LogP contribution in [0.5, 0.6) is 5.75 Å². The second-order valence-corrected chi connectivity index (χ2v) is 9.00. The molecule has 27 heavy (non-hydrogen) atoms. The largest absolute Gasteiger partial charge is 0.496 e. The van der Waals surface area contributed by atoms with Crippen molar-refractivity contribution in [2.24, 2.45) is 4.99 Å². The molecule has 1 heterocycles. The van der Waals surface area contributed by atoms with Crippen molar-refractivity contribution >= 4 is 34.4 Å². The lowest BCUT2D eigenvalue weighted by molar-refractivity contribution is 0.0998. The minimum Gasteiger partial charge on any atom is -0.496 e. The molecule has 0 unspecified atom stereocenters. The zero-order valence-corrected chi connectivity index (χ0v) is 16.9. The number of aliphatic imine (C=N–C) groups is 1. The highest BCUT2D eigenvalue weighted by molar-refractivity contribution is 8.15. The summed E-state index contributed by atoms with van der Waals surface area (Å²) < 4.78 is 18.3. The predicted octanol–water partition coefficient (Wildman–Crippen LogP) is 5.01. The number of halogens is 2. The molecule has 0 radical (unpaired) electrons. The Labute approximate surface area is 167 Å². The predicted molar refractivity (Wildman–Crippen MR) is 108 cm³/mol. The van der Waals surface area contributed by atoms with E-state index in [0.717, 1.165) is 12.1 Å². The number of methoxy groups -OCH3 is 1. The van der Waals surface area contributed by atoms with E-state index in [9.17, 15) is 9.18 Å². The van der Waals surface area contributed by atoms with Crippen LogP contribution in [0.4, 0.5) is 4.39 Å². The molecule has 0 atom stereocenters. The van der Waals surface area contributed by atoms with Crippen molar-refractivity contribution in [1.82, 2.24) is 4.90 Å². The van der Waals surface area contributed by atoms with E-state index in [4.69, 9.17) is 16.3 Å². The van der Waals surface area contributed by atoms with Crippen LogP contribution in [-0.2, 0) is 6.54 Å². The normalized spacial score (nSPS) is 17.4. The van der Waals surface area contributed by atoms with Crippen LogP contribution < -0.4 is 4.74 Å². The molecule has 1 fully saturated rings. The van der Waals surface area contributed by atoms with E-state index in [0.29, 0.717) is 28.0 Å². The molecule has 1 aliphatic heterocycles. The molecule has 142 valence electrons. The molecule has 0 spiro atoms. The molecule has 0 aliphatic carbocycles. The number of nitrogens with zero attached hydrogens (tertiary/aromatic N) is 2. The van der Waals surface area contributed by atoms with Crippen LogP contribution >= 0.6 is 23.4 Å². The standard InChI is InChI=1S/C20H20ClFN2O2S/c1-20(2)12-24(11-13-4-7-15(22)8-5-13)19(27-20)23-18(25)16-10-14(21)6-9-17(16)26-3/h4-10H,11-12H2,1-3H3/b23-19-. The zero-order valence-electron chi connectivity index (χ0n) is 15.3. The van der Waals surface area contributed by atoms with Gasteiger partial charge < -0.3 is 9.64 Å². The molecule has 0 saturated carbocycles. The van der Waals surface area contributed by atoms with Gasteiger partial charge in [-0.05, 0) is 49.7 Å². The third kappa shape index (κ3) is 4.82. The Kier molecular flexibility index (Phi) is 5.77. The highest BCUT2D eigenvalue weighted by Gasteiger charge is 2.35. The number of hydrogen-bond acceptors (Lipinski definition) is 3. The molecule has 0 N–H and O–H groups in total. The molecule has 0 bridgehead atoms. The van der Waals surface area contributed by atoms with Crippen molar-refractivity contribution in [2.75, 3.05) is 13.7 Å². The van der Waals surface area contributed by atoms with Gasteiger partial charge in [-0.15, -0.1) is 0 Å². The summed E-state index contributed by atoms with van der Waals surface area (Å²) in [5.41, 5.74) is 1.28. The third-order valence-electron chi connectivity index (χ3n) is 4.09. The van der Waals surface area contributed by atoms with Gasteiger partial charge in [0, 0.05) is 22.9 Å². The van der Waals surface area contributed by atoms with Crippen LogP contribution in [0.15, 0.2) is 47.5 Å². The Hall–Kier alpha value is -2.05. The maximum absolute atomic E-state index is 13.2. The third-order valence-corrected chi connectivity index (χ3v) is 5.53. The second kappa shape index (κ2) is 7.90. The maximum atomic E-state index is 13.2. The first-order chi connectivity index (χ1) is 12.8. The second-order valence-electron chi connectivity index (χ2n) is 6.89. The minimum atomic E-state index is -0.404. The Morgan fingerprint density at radius 3 is 2.67 bits per heavy atom. The van der Waals surface area contributed by atoms with Gasteiger partial charge in [0.2, 0.25) is 0 Å². The van der Waals surface area contributed by atoms with Gasteiger partial charge in [0.1, 0.15) is 11.6 Å². The van der Waals surface area contributed by atoms with Crippen molar-refractivity contribution in [3.8, 4) is 5.75 Å². The lowest BCUT2D eigenvalue weighted by Gasteiger charge is -2.19. The molecule has 1 aliphatic rings. The monoisotopic (exact) mass is 406 g/mol. The molecular weight excluding hydrogens is 387 g/mol. The fourth-order valence-corrected chi connectivity index (χ4v) is 4.17. The van der Waals surface area contributed by atoms with Crippen molar-refractivity contribution in [3.05, 3.63) is 64.4 Å². The fraction of sp³-hybridized carbons (Fsp3) is 0.300.